The van der Waals surface area contributed by atoms with Gasteiger partial charge in [-0.2, -0.15) is 0 Å². The van der Waals surface area contributed by atoms with Crippen LogP contribution in [0.5, 0.6) is 0 Å². The summed E-state index contributed by atoms with van der Waals surface area (Å²) >= 11 is 1.63. The van der Waals surface area contributed by atoms with E-state index in [4.69, 9.17) is 4.74 Å². The van der Waals surface area contributed by atoms with Crippen LogP contribution in [-0.4, -0.2) is 72.5 Å². The molecule has 202 valence electrons. The molecule has 1 aliphatic carbocycles. The van der Waals surface area contributed by atoms with Gasteiger partial charge in [-0.1, -0.05) is 37.8 Å². The molecule has 0 radical (unpaired) electrons. The molecule has 4 rings (SSSR count). The van der Waals surface area contributed by atoms with Gasteiger partial charge in [0.2, 0.25) is 11.8 Å². The molecule has 0 N–H and O–H groups in total. The number of aryl methyl sites for hydroxylation is 1. The molecule has 0 atom stereocenters. The Bertz CT molecular complexity index is 1000. The molecule has 0 unspecified atom stereocenters. The fraction of sp³-hybridized carbons (Fsp3) is 0.586. The Morgan fingerprint density at radius 3 is 2.43 bits per heavy atom. The molecule has 2 aromatic rings. The molecule has 6 nitrogen and oxygen atoms in total. The Labute approximate surface area is 224 Å². The van der Waals surface area contributed by atoms with E-state index < -0.39 is 0 Å². The maximum absolute atomic E-state index is 13.7. The van der Waals surface area contributed by atoms with Crippen molar-refractivity contribution in [3.05, 3.63) is 57.5 Å². The molecule has 1 saturated carbocycles. The average Bonchev–Trinajstić information content (AvgIpc) is 3.58. The summed E-state index contributed by atoms with van der Waals surface area (Å²) in [7, 11) is 0. The first-order valence-corrected chi connectivity index (χ1v) is 14.5. The third-order valence-corrected chi connectivity index (χ3v) is 8.66. The van der Waals surface area contributed by atoms with E-state index in [9.17, 15) is 14.0 Å². The molecule has 1 aromatic heterocycles. The maximum atomic E-state index is 13.7. The van der Waals surface area contributed by atoms with Gasteiger partial charge in [-0.15, -0.1) is 11.3 Å². The van der Waals surface area contributed by atoms with Crippen molar-refractivity contribution in [2.45, 2.75) is 58.5 Å². The number of amides is 2. The van der Waals surface area contributed by atoms with E-state index >= 15 is 0 Å². The van der Waals surface area contributed by atoms with Gasteiger partial charge >= 0.3 is 0 Å². The number of benzene rings is 1. The van der Waals surface area contributed by atoms with Gasteiger partial charge < -0.3 is 14.5 Å². The minimum Gasteiger partial charge on any atom is -0.379 e. The van der Waals surface area contributed by atoms with Gasteiger partial charge in [0.05, 0.1) is 26.3 Å². The number of nitrogens with zero attached hydrogens (tertiary/aromatic N) is 3. The molecule has 1 saturated heterocycles. The van der Waals surface area contributed by atoms with Gasteiger partial charge in [-0.3, -0.25) is 14.5 Å². The number of thiophene rings is 1. The molecule has 2 fully saturated rings. The van der Waals surface area contributed by atoms with Crippen LogP contribution in [0.15, 0.2) is 35.7 Å². The van der Waals surface area contributed by atoms with Crippen LogP contribution in [0.3, 0.4) is 0 Å². The monoisotopic (exact) mass is 529 g/mol. The second-order valence-corrected chi connectivity index (χ2v) is 11.4. The third-order valence-electron chi connectivity index (χ3n) is 7.65. The van der Waals surface area contributed by atoms with Crippen molar-refractivity contribution in [2.75, 3.05) is 45.9 Å². The molecular weight excluding hydrogens is 489 g/mol. The fourth-order valence-corrected chi connectivity index (χ4v) is 6.13. The maximum Gasteiger partial charge on any atom is 0.242 e. The highest BCUT2D eigenvalue weighted by Gasteiger charge is 2.25. The van der Waals surface area contributed by atoms with Crippen LogP contribution in [0.2, 0.25) is 0 Å². The van der Waals surface area contributed by atoms with E-state index in [1.54, 1.807) is 33.3 Å². The lowest BCUT2D eigenvalue weighted by molar-refractivity contribution is -0.141. The number of morpholine rings is 1. The number of ether oxygens (including phenoxy) is 1. The minimum absolute atomic E-state index is 0.0689. The second-order valence-electron chi connectivity index (χ2n) is 10.4. The first-order chi connectivity index (χ1) is 18.0. The van der Waals surface area contributed by atoms with Crippen molar-refractivity contribution >= 4 is 23.2 Å². The summed E-state index contributed by atoms with van der Waals surface area (Å²) in [6.45, 7) is 7.38. The topological polar surface area (TPSA) is 53.1 Å². The standard InChI is InChI=1S/C29H40FN3O3S/c1-23-12-19-37-27(23)21-33(20-25-6-9-26(30)10-7-25)29(35)22-32(14-13-31-15-17-36-18-16-31)28(34)11-8-24-4-2-3-5-24/h6-7,9-10,12,19,24H,2-5,8,11,13-18,20-22H2,1H3. The SMILES string of the molecule is Cc1ccsc1CN(Cc1ccc(F)cc1)C(=O)CN(CCN1CCOCC1)C(=O)CCC1CCCC1. The largest absolute Gasteiger partial charge is 0.379 e. The van der Waals surface area contributed by atoms with Crippen LogP contribution in [-0.2, 0) is 27.4 Å². The van der Waals surface area contributed by atoms with E-state index in [-0.39, 0.29) is 24.2 Å². The molecule has 1 aromatic carbocycles. The Kier molecular flexibility index (Phi) is 10.5. The lowest BCUT2D eigenvalue weighted by atomic mass is 10.0. The zero-order valence-electron chi connectivity index (χ0n) is 22.0. The molecule has 37 heavy (non-hydrogen) atoms. The quantitative estimate of drug-likeness (QED) is 0.394. The lowest BCUT2D eigenvalue weighted by Gasteiger charge is -2.31. The fourth-order valence-electron chi connectivity index (χ4n) is 5.21. The Balaban J connectivity index is 1.44. The van der Waals surface area contributed by atoms with Crippen LogP contribution in [0.1, 0.15) is 54.5 Å². The van der Waals surface area contributed by atoms with Gasteiger partial charge in [-0.25, -0.2) is 4.39 Å². The number of hydrogen-bond donors (Lipinski definition) is 0. The smallest absolute Gasteiger partial charge is 0.242 e. The van der Waals surface area contributed by atoms with Crippen LogP contribution < -0.4 is 0 Å². The zero-order valence-corrected chi connectivity index (χ0v) is 22.8. The van der Waals surface area contributed by atoms with Crippen LogP contribution in [0.4, 0.5) is 4.39 Å². The Morgan fingerprint density at radius 1 is 1.03 bits per heavy atom. The summed E-state index contributed by atoms with van der Waals surface area (Å²) < 4.78 is 19.0. The minimum atomic E-state index is -0.294. The lowest BCUT2D eigenvalue weighted by Crippen LogP contribution is -2.47. The van der Waals surface area contributed by atoms with Gasteiger partial charge in [-0.05, 0) is 54.0 Å². The number of halogens is 1. The highest BCUT2D eigenvalue weighted by atomic mass is 32.1. The summed E-state index contributed by atoms with van der Waals surface area (Å²) in [6, 6.07) is 8.35. The summed E-state index contributed by atoms with van der Waals surface area (Å²) in [5.74, 6) is 0.339. The molecule has 2 amide bonds. The normalized spacial score (nSPS) is 16.7. The van der Waals surface area contributed by atoms with E-state index in [0.717, 1.165) is 42.1 Å². The van der Waals surface area contributed by atoms with Crippen molar-refractivity contribution in [1.29, 1.82) is 0 Å². The Morgan fingerprint density at radius 2 is 1.76 bits per heavy atom. The summed E-state index contributed by atoms with van der Waals surface area (Å²) in [5.41, 5.74) is 2.02. The molecule has 0 bridgehead atoms. The molecular formula is C29H40FN3O3S. The van der Waals surface area contributed by atoms with Gasteiger partial charge in [0.15, 0.2) is 0 Å². The molecule has 1 aliphatic heterocycles. The summed E-state index contributed by atoms with van der Waals surface area (Å²) in [6.07, 6.45) is 6.37. The van der Waals surface area contributed by atoms with E-state index in [2.05, 4.69) is 11.0 Å². The Hall–Kier alpha value is -2.29. The molecule has 8 heteroatoms. The van der Waals surface area contributed by atoms with Gasteiger partial charge in [0.25, 0.3) is 0 Å². The molecule has 2 aliphatic rings. The predicted octanol–water partition coefficient (Wildman–Crippen LogP) is 4.86. The number of rotatable bonds is 12. The summed E-state index contributed by atoms with van der Waals surface area (Å²) in [5, 5.41) is 2.03. The number of carbonyl (C=O) groups excluding carboxylic acids is 2. The van der Waals surface area contributed by atoms with Crippen molar-refractivity contribution in [3.8, 4) is 0 Å². The van der Waals surface area contributed by atoms with Crippen molar-refractivity contribution < 1.29 is 18.7 Å². The first kappa shape index (κ1) is 27.7. The van der Waals surface area contributed by atoms with Crippen molar-refractivity contribution in [2.24, 2.45) is 5.92 Å². The molecule has 2 heterocycles. The molecule has 0 spiro atoms. The average molecular weight is 530 g/mol. The van der Waals surface area contributed by atoms with Crippen LogP contribution in [0, 0.1) is 18.7 Å². The van der Waals surface area contributed by atoms with Crippen LogP contribution >= 0.6 is 11.3 Å². The van der Waals surface area contributed by atoms with E-state index in [1.165, 1.54) is 37.8 Å². The van der Waals surface area contributed by atoms with Gasteiger partial charge in [0.1, 0.15) is 5.82 Å². The number of carbonyl (C=O) groups is 2. The third kappa shape index (κ3) is 8.62. The number of hydrogen-bond acceptors (Lipinski definition) is 5. The van der Waals surface area contributed by atoms with Crippen LogP contribution in [0.25, 0.3) is 0 Å². The van der Waals surface area contributed by atoms with E-state index in [0.29, 0.717) is 45.2 Å². The first-order valence-electron chi connectivity index (χ1n) is 13.6. The van der Waals surface area contributed by atoms with Crippen molar-refractivity contribution in [1.82, 2.24) is 14.7 Å². The van der Waals surface area contributed by atoms with Crippen molar-refractivity contribution in [3.63, 3.8) is 0 Å². The highest BCUT2D eigenvalue weighted by molar-refractivity contribution is 7.10. The predicted molar refractivity (Wildman–Crippen MR) is 145 cm³/mol. The highest BCUT2D eigenvalue weighted by Crippen LogP contribution is 2.28. The second kappa shape index (κ2) is 14.0. The van der Waals surface area contributed by atoms with E-state index in [1.807, 2.05) is 12.3 Å². The summed E-state index contributed by atoms with van der Waals surface area (Å²) in [4.78, 5) is 34.1. The zero-order chi connectivity index (χ0) is 26.0. The van der Waals surface area contributed by atoms with Gasteiger partial charge in [0, 0.05) is 44.0 Å².